The van der Waals surface area contributed by atoms with E-state index in [-0.39, 0.29) is 6.92 Å². The SMILES string of the molecule is COc1occ2c1CCCB2O. The van der Waals surface area contributed by atoms with Crippen LogP contribution >= 0.6 is 0 Å². The van der Waals surface area contributed by atoms with Crippen LogP contribution in [0, 0.1) is 0 Å². The van der Waals surface area contributed by atoms with E-state index in [0.717, 1.165) is 30.2 Å². The Bertz CT molecular complexity index is 282. The molecule has 0 radical (unpaired) electrons. The van der Waals surface area contributed by atoms with Gasteiger partial charge in [0.2, 0.25) is 0 Å². The summed E-state index contributed by atoms with van der Waals surface area (Å²) in [6, 6.07) is 0. The first-order chi connectivity index (χ1) is 5.83. The zero-order valence-corrected chi connectivity index (χ0v) is 7.04. The third-order valence-electron chi connectivity index (χ3n) is 2.34. The molecule has 1 N–H and O–H groups in total. The van der Waals surface area contributed by atoms with Gasteiger partial charge in [0.15, 0.2) is 0 Å². The highest BCUT2D eigenvalue weighted by molar-refractivity contribution is 6.67. The monoisotopic (exact) mass is 166 g/mol. The second-order valence-electron chi connectivity index (χ2n) is 3.07. The van der Waals surface area contributed by atoms with Gasteiger partial charge in [-0.15, -0.1) is 0 Å². The second kappa shape index (κ2) is 2.86. The van der Waals surface area contributed by atoms with Gasteiger partial charge in [-0.05, 0) is 18.2 Å². The van der Waals surface area contributed by atoms with Crippen molar-refractivity contribution in [3.05, 3.63) is 11.8 Å². The average molecular weight is 166 g/mol. The fourth-order valence-corrected chi connectivity index (χ4v) is 1.70. The minimum Gasteiger partial charge on any atom is -0.468 e. The quantitative estimate of drug-likeness (QED) is 0.615. The lowest BCUT2D eigenvalue weighted by Gasteiger charge is -2.13. The van der Waals surface area contributed by atoms with Crippen molar-refractivity contribution in [2.24, 2.45) is 0 Å². The van der Waals surface area contributed by atoms with Crippen LogP contribution in [0.3, 0.4) is 0 Å². The van der Waals surface area contributed by atoms with Crippen LogP contribution in [0.15, 0.2) is 10.7 Å². The van der Waals surface area contributed by atoms with Gasteiger partial charge in [-0.2, -0.15) is 0 Å². The number of rotatable bonds is 1. The van der Waals surface area contributed by atoms with E-state index in [0.29, 0.717) is 5.95 Å². The maximum atomic E-state index is 9.55. The van der Waals surface area contributed by atoms with E-state index >= 15 is 0 Å². The summed E-state index contributed by atoms with van der Waals surface area (Å²) < 4.78 is 10.2. The Morgan fingerprint density at radius 1 is 1.67 bits per heavy atom. The highest BCUT2D eigenvalue weighted by Crippen LogP contribution is 2.24. The molecule has 0 bridgehead atoms. The molecule has 4 heteroatoms. The highest BCUT2D eigenvalue weighted by Gasteiger charge is 2.27. The standard InChI is InChI=1S/C8H11BO3/c1-11-8-6-3-2-4-9(10)7(6)5-12-8/h5,10H,2-4H2,1H3. The molecule has 0 atom stereocenters. The zero-order chi connectivity index (χ0) is 8.55. The van der Waals surface area contributed by atoms with Crippen molar-refractivity contribution in [1.29, 1.82) is 0 Å². The van der Waals surface area contributed by atoms with E-state index in [4.69, 9.17) is 9.15 Å². The van der Waals surface area contributed by atoms with E-state index in [2.05, 4.69) is 0 Å². The summed E-state index contributed by atoms with van der Waals surface area (Å²) in [5, 5.41) is 9.55. The topological polar surface area (TPSA) is 42.6 Å². The van der Waals surface area contributed by atoms with Crippen LogP contribution in [0.2, 0.25) is 6.32 Å². The van der Waals surface area contributed by atoms with Gasteiger partial charge < -0.3 is 14.2 Å². The van der Waals surface area contributed by atoms with Crippen molar-refractivity contribution in [3.63, 3.8) is 0 Å². The number of furan rings is 1. The lowest BCUT2D eigenvalue weighted by Crippen LogP contribution is -2.34. The first-order valence-corrected chi connectivity index (χ1v) is 4.15. The maximum absolute atomic E-state index is 9.55. The first-order valence-electron chi connectivity index (χ1n) is 4.15. The number of methoxy groups -OCH3 is 1. The molecule has 0 saturated carbocycles. The maximum Gasteiger partial charge on any atom is 0.327 e. The van der Waals surface area contributed by atoms with Crippen LogP contribution in [0.1, 0.15) is 12.0 Å². The second-order valence-corrected chi connectivity index (χ2v) is 3.07. The van der Waals surface area contributed by atoms with Crippen LogP contribution in [-0.2, 0) is 6.42 Å². The summed E-state index contributed by atoms with van der Waals surface area (Å²) in [7, 11) is 1.58. The molecule has 0 aromatic carbocycles. The van der Waals surface area contributed by atoms with E-state index in [9.17, 15) is 5.02 Å². The normalized spacial score (nSPS) is 16.0. The molecule has 2 heterocycles. The van der Waals surface area contributed by atoms with Crippen molar-refractivity contribution in [1.82, 2.24) is 0 Å². The third kappa shape index (κ3) is 1.03. The summed E-state index contributed by atoms with van der Waals surface area (Å²) in [6.45, 7) is -0.360. The summed E-state index contributed by atoms with van der Waals surface area (Å²) in [5.74, 6) is 0.559. The smallest absolute Gasteiger partial charge is 0.327 e. The van der Waals surface area contributed by atoms with Gasteiger partial charge in [0.05, 0.1) is 13.4 Å². The van der Waals surface area contributed by atoms with Crippen LogP contribution in [0.4, 0.5) is 0 Å². The molecule has 12 heavy (non-hydrogen) atoms. The number of hydrogen-bond donors (Lipinski definition) is 1. The minimum atomic E-state index is -0.360. The minimum absolute atomic E-state index is 0.360. The molecular formula is C8H11BO3. The zero-order valence-electron chi connectivity index (χ0n) is 7.04. The summed E-state index contributed by atoms with van der Waals surface area (Å²) >= 11 is 0. The largest absolute Gasteiger partial charge is 0.468 e. The average Bonchev–Trinajstić information content (AvgIpc) is 2.49. The highest BCUT2D eigenvalue weighted by atomic mass is 16.6. The molecule has 2 rings (SSSR count). The van der Waals surface area contributed by atoms with Crippen molar-refractivity contribution in [3.8, 4) is 5.95 Å². The molecule has 1 aliphatic heterocycles. The molecule has 0 fully saturated rings. The predicted octanol–water partition coefficient (Wildman–Crippen LogP) is 0.425. The van der Waals surface area contributed by atoms with Crippen molar-refractivity contribution >= 4 is 12.4 Å². The Hall–Kier alpha value is -0.895. The molecule has 1 aliphatic rings. The van der Waals surface area contributed by atoms with Crippen LogP contribution in [-0.4, -0.2) is 19.0 Å². The van der Waals surface area contributed by atoms with Gasteiger partial charge in [0, 0.05) is 5.56 Å². The lowest BCUT2D eigenvalue weighted by molar-refractivity contribution is 0.301. The van der Waals surface area contributed by atoms with Gasteiger partial charge in [-0.25, -0.2) is 0 Å². The lowest BCUT2D eigenvalue weighted by atomic mass is 9.54. The van der Waals surface area contributed by atoms with Gasteiger partial charge in [0.1, 0.15) is 0 Å². The van der Waals surface area contributed by atoms with Crippen LogP contribution < -0.4 is 10.2 Å². The van der Waals surface area contributed by atoms with Gasteiger partial charge in [-0.1, -0.05) is 6.42 Å². The molecule has 64 valence electrons. The fourth-order valence-electron chi connectivity index (χ4n) is 1.70. The van der Waals surface area contributed by atoms with Gasteiger partial charge in [0.25, 0.3) is 5.95 Å². The van der Waals surface area contributed by atoms with E-state index < -0.39 is 0 Å². The van der Waals surface area contributed by atoms with Crippen LogP contribution in [0.5, 0.6) is 5.95 Å². The van der Waals surface area contributed by atoms with E-state index in [1.165, 1.54) is 0 Å². The van der Waals surface area contributed by atoms with E-state index in [1.807, 2.05) is 0 Å². The van der Waals surface area contributed by atoms with Crippen LogP contribution in [0.25, 0.3) is 0 Å². The number of hydrogen-bond acceptors (Lipinski definition) is 3. The molecule has 1 aromatic rings. The Morgan fingerprint density at radius 3 is 3.25 bits per heavy atom. The molecule has 0 unspecified atom stereocenters. The van der Waals surface area contributed by atoms with E-state index in [1.54, 1.807) is 13.4 Å². The molecule has 3 nitrogen and oxygen atoms in total. The molecular weight excluding hydrogens is 155 g/mol. The Morgan fingerprint density at radius 2 is 2.50 bits per heavy atom. The predicted molar refractivity (Wildman–Crippen MR) is 46.0 cm³/mol. The van der Waals surface area contributed by atoms with Crippen molar-refractivity contribution < 1.29 is 14.2 Å². The number of fused-ring (bicyclic) bond motifs is 1. The Kier molecular flexibility index (Phi) is 1.85. The summed E-state index contributed by atoms with van der Waals surface area (Å²) in [4.78, 5) is 0. The fraction of sp³-hybridized carbons (Fsp3) is 0.500. The van der Waals surface area contributed by atoms with Gasteiger partial charge in [-0.3, -0.25) is 0 Å². The third-order valence-corrected chi connectivity index (χ3v) is 2.34. The number of ether oxygens (including phenoxy) is 1. The van der Waals surface area contributed by atoms with Gasteiger partial charge >= 0.3 is 6.92 Å². The molecule has 1 aromatic heterocycles. The first kappa shape index (κ1) is 7.74. The molecule has 0 spiro atoms. The molecule has 0 aliphatic carbocycles. The molecule has 0 saturated heterocycles. The van der Waals surface area contributed by atoms with Crippen molar-refractivity contribution in [2.45, 2.75) is 19.2 Å². The Labute approximate surface area is 71.4 Å². The van der Waals surface area contributed by atoms with Crippen molar-refractivity contribution in [2.75, 3.05) is 7.11 Å². The Balaban J connectivity index is 2.41. The summed E-state index contributed by atoms with van der Waals surface area (Å²) in [5.41, 5.74) is 1.94. The molecule has 0 amide bonds. The summed E-state index contributed by atoms with van der Waals surface area (Å²) in [6.07, 6.45) is 4.38.